The van der Waals surface area contributed by atoms with E-state index in [1.54, 1.807) is 16.8 Å². The summed E-state index contributed by atoms with van der Waals surface area (Å²) in [7, 11) is 1.81. The van der Waals surface area contributed by atoms with Gasteiger partial charge in [0.25, 0.3) is 5.91 Å². The van der Waals surface area contributed by atoms with E-state index in [0.29, 0.717) is 11.3 Å². The van der Waals surface area contributed by atoms with E-state index < -0.39 is 11.9 Å². The predicted molar refractivity (Wildman–Crippen MR) is 118 cm³/mol. The Labute approximate surface area is 177 Å². The first kappa shape index (κ1) is 21.6. The molecule has 0 saturated carbocycles. The molecule has 0 atom stereocenters. The first-order valence-corrected chi connectivity index (χ1v) is 10.4. The second-order valence-electron chi connectivity index (χ2n) is 7.62. The summed E-state index contributed by atoms with van der Waals surface area (Å²) in [5.41, 5.74) is 4.84. The van der Waals surface area contributed by atoms with Crippen LogP contribution in [0.5, 0.6) is 0 Å². The summed E-state index contributed by atoms with van der Waals surface area (Å²) in [4.78, 5) is 24.8. The van der Waals surface area contributed by atoms with Gasteiger partial charge < -0.3 is 15.4 Å². The van der Waals surface area contributed by atoms with Crippen molar-refractivity contribution in [3.05, 3.63) is 52.9 Å². The molecular weight excluding hydrogens is 380 g/mol. The number of rotatable bonds is 8. The number of carbonyl (C=O) groups is 2. The van der Waals surface area contributed by atoms with Gasteiger partial charge in [-0.15, -0.1) is 0 Å². The second kappa shape index (κ2) is 10.1. The van der Waals surface area contributed by atoms with Crippen molar-refractivity contribution in [2.24, 2.45) is 7.05 Å². The van der Waals surface area contributed by atoms with Gasteiger partial charge in [-0.25, -0.2) is 4.79 Å². The van der Waals surface area contributed by atoms with Crippen LogP contribution in [0.3, 0.4) is 0 Å². The first-order chi connectivity index (χ1) is 14.5. The van der Waals surface area contributed by atoms with Crippen LogP contribution in [0.4, 0.5) is 11.4 Å². The number of carbonyl (C=O) groups excluding carboxylic acids is 2. The van der Waals surface area contributed by atoms with Crippen LogP contribution in [-0.4, -0.2) is 34.8 Å². The number of esters is 1. The molecule has 1 amide bonds. The largest absolute Gasteiger partial charge is 0.452 e. The second-order valence-corrected chi connectivity index (χ2v) is 7.62. The monoisotopic (exact) mass is 410 g/mol. The van der Waals surface area contributed by atoms with Crippen LogP contribution in [0.15, 0.2) is 35.9 Å². The highest BCUT2D eigenvalue weighted by Gasteiger charge is 2.17. The number of ether oxygens (including phenoxy) is 1. The highest BCUT2D eigenvalue weighted by Crippen LogP contribution is 2.22. The van der Waals surface area contributed by atoms with E-state index in [1.165, 1.54) is 24.8 Å². The number of hydrogen-bond acceptors (Lipinski definition) is 5. The number of para-hydroxylation sites is 1. The zero-order chi connectivity index (χ0) is 21.5. The minimum absolute atomic E-state index is 0.353. The Bertz CT molecular complexity index is 946. The maximum absolute atomic E-state index is 12.6. The molecule has 160 valence electrons. The van der Waals surface area contributed by atoms with Crippen LogP contribution < -0.4 is 10.6 Å². The molecule has 0 unspecified atom stereocenters. The lowest BCUT2D eigenvalue weighted by Crippen LogP contribution is -2.22. The van der Waals surface area contributed by atoms with Crippen molar-refractivity contribution in [1.29, 1.82) is 0 Å². The maximum atomic E-state index is 12.6. The SMILES string of the molecule is Cc1nn(C)c(C)c1NC(=O)COC(=O)c1ccccc1NCCC1=CCCCC1. The minimum atomic E-state index is -0.523. The Hall–Kier alpha value is -3.09. The fraction of sp³-hybridized carbons (Fsp3) is 0.435. The van der Waals surface area contributed by atoms with Crippen LogP contribution in [0.1, 0.15) is 53.8 Å². The van der Waals surface area contributed by atoms with Crippen LogP contribution in [0.25, 0.3) is 0 Å². The molecular formula is C23H30N4O3. The van der Waals surface area contributed by atoms with Crippen molar-refractivity contribution in [2.75, 3.05) is 23.8 Å². The standard InChI is InChI=1S/C23H30N4O3/c1-16-22(17(2)27(3)26-16)25-21(28)15-30-23(29)19-11-7-8-12-20(19)24-14-13-18-9-5-4-6-10-18/h7-9,11-12,24H,4-6,10,13-15H2,1-3H3,(H,25,28). The Morgan fingerprint density at radius 1 is 1.20 bits per heavy atom. The summed E-state index contributed by atoms with van der Waals surface area (Å²) < 4.78 is 6.95. The topological polar surface area (TPSA) is 85.2 Å². The average molecular weight is 411 g/mol. The van der Waals surface area contributed by atoms with Crippen molar-refractivity contribution in [2.45, 2.75) is 46.0 Å². The van der Waals surface area contributed by atoms with Gasteiger partial charge in [-0.1, -0.05) is 23.8 Å². The lowest BCUT2D eigenvalue weighted by Gasteiger charge is -2.15. The molecule has 0 aliphatic heterocycles. The van der Waals surface area contributed by atoms with Crippen molar-refractivity contribution in [3.8, 4) is 0 Å². The van der Waals surface area contributed by atoms with Gasteiger partial charge in [0.15, 0.2) is 6.61 Å². The molecule has 2 aromatic rings. The van der Waals surface area contributed by atoms with Crippen LogP contribution in [0.2, 0.25) is 0 Å². The average Bonchev–Trinajstić information content (AvgIpc) is 2.99. The van der Waals surface area contributed by atoms with E-state index in [0.717, 1.165) is 36.5 Å². The summed E-state index contributed by atoms with van der Waals surface area (Å²) in [6.07, 6.45) is 8.16. The molecule has 0 fully saturated rings. The molecule has 2 N–H and O–H groups in total. The predicted octanol–water partition coefficient (Wildman–Crippen LogP) is 4.13. The summed E-state index contributed by atoms with van der Waals surface area (Å²) in [5.74, 6) is -0.915. The third kappa shape index (κ3) is 5.49. The third-order valence-electron chi connectivity index (χ3n) is 5.40. The van der Waals surface area contributed by atoms with Gasteiger partial charge in [-0.2, -0.15) is 5.10 Å². The Morgan fingerprint density at radius 3 is 2.70 bits per heavy atom. The lowest BCUT2D eigenvalue weighted by atomic mass is 9.97. The number of allylic oxidation sites excluding steroid dienone is 1. The minimum Gasteiger partial charge on any atom is -0.452 e. The highest BCUT2D eigenvalue weighted by molar-refractivity contribution is 5.98. The molecule has 0 saturated heterocycles. The quantitative estimate of drug-likeness (QED) is 0.505. The summed E-state index contributed by atoms with van der Waals surface area (Å²) in [6.45, 7) is 4.09. The zero-order valence-corrected chi connectivity index (χ0v) is 18.0. The van der Waals surface area contributed by atoms with Crippen molar-refractivity contribution in [1.82, 2.24) is 9.78 Å². The lowest BCUT2D eigenvalue weighted by molar-refractivity contribution is -0.119. The van der Waals surface area contributed by atoms with E-state index >= 15 is 0 Å². The summed E-state index contributed by atoms with van der Waals surface area (Å²) >= 11 is 0. The van der Waals surface area contributed by atoms with Crippen molar-refractivity contribution >= 4 is 23.3 Å². The van der Waals surface area contributed by atoms with Crippen LogP contribution in [-0.2, 0) is 16.6 Å². The van der Waals surface area contributed by atoms with Crippen molar-refractivity contribution in [3.63, 3.8) is 0 Å². The molecule has 1 aromatic heterocycles. The molecule has 1 aliphatic rings. The molecule has 30 heavy (non-hydrogen) atoms. The Balaban J connectivity index is 1.53. The van der Waals surface area contributed by atoms with Gasteiger partial charge in [-0.3, -0.25) is 9.48 Å². The molecule has 7 heteroatoms. The van der Waals surface area contributed by atoms with E-state index in [-0.39, 0.29) is 6.61 Å². The van der Waals surface area contributed by atoms with Gasteiger partial charge in [0.05, 0.1) is 22.6 Å². The highest BCUT2D eigenvalue weighted by atomic mass is 16.5. The number of nitrogens with one attached hydrogen (secondary N) is 2. The van der Waals surface area contributed by atoms with Crippen LogP contribution in [0, 0.1) is 13.8 Å². The van der Waals surface area contributed by atoms with Gasteiger partial charge in [-0.05, 0) is 58.1 Å². The maximum Gasteiger partial charge on any atom is 0.340 e. The molecule has 0 bridgehead atoms. The van der Waals surface area contributed by atoms with E-state index in [2.05, 4.69) is 21.8 Å². The van der Waals surface area contributed by atoms with Gasteiger partial charge >= 0.3 is 5.97 Å². The summed E-state index contributed by atoms with van der Waals surface area (Å²) in [6, 6.07) is 7.22. The van der Waals surface area contributed by atoms with Gasteiger partial charge in [0, 0.05) is 19.3 Å². The molecule has 0 spiro atoms. The van der Waals surface area contributed by atoms with Gasteiger partial charge in [0.1, 0.15) is 0 Å². The zero-order valence-electron chi connectivity index (χ0n) is 18.0. The Kier molecular flexibility index (Phi) is 7.27. The fourth-order valence-electron chi connectivity index (χ4n) is 3.64. The molecule has 3 rings (SSSR count). The Morgan fingerprint density at radius 2 is 2.00 bits per heavy atom. The molecule has 1 aliphatic carbocycles. The van der Waals surface area contributed by atoms with Crippen LogP contribution >= 0.6 is 0 Å². The van der Waals surface area contributed by atoms with E-state index in [9.17, 15) is 9.59 Å². The number of anilines is 2. The number of aryl methyl sites for hydroxylation is 2. The normalized spacial score (nSPS) is 13.5. The smallest absolute Gasteiger partial charge is 0.340 e. The van der Waals surface area contributed by atoms with E-state index in [4.69, 9.17) is 4.74 Å². The van der Waals surface area contributed by atoms with E-state index in [1.807, 2.05) is 33.0 Å². The molecule has 1 aromatic carbocycles. The number of aromatic nitrogens is 2. The molecule has 1 heterocycles. The number of hydrogen-bond donors (Lipinski definition) is 2. The fourth-order valence-corrected chi connectivity index (χ4v) is 3.64. The number of benzene rings is 1. The number of nitrogens with zero attached hydrogens (tertiary/aromatic N) is 2. The van der Waals surface area contributed by atoms with Gasteiger partial charge in [0.2, 0.25) is 0 Å². The molecule has 7 nitrogen and oxygen atoms in total. The third-order valence-corrected chi connectivity index (χ3v) is 5.40. The summed E-state index contributed by atoms with van der Waals surface area (Å²) in [5, 5.41) is 10.4. The van der Waals surface area contributed by atoms with Crippen molar-refractivity contribution < 1.29 is 14.3 Å². The number of amides is 1. The molecule has 0 radical (unpaired) electrons. The first-order valence-electron chi connectivity index (χ1n) is 10.4.